The van der Waals surface area contributed by atoms with Gasteiger partial charge in [0.25, 0.3) is 5.56 Å². The average Bonchev–Trinajstić information content (AvgIpc) is 2.57. The second-order valence-corrected chi connectivity index (χ2v) is 5.07. The molecule has 0 saturated carbocycles. The van der Waals surface area contributed by atoms with E-state index in [4.69, 9.17) is 0 Å². The molecule has 0 saturated heterocycles. The number of benzene rings is 2. The fraction of sp³-hybridized carbons (Fsp3) is 0.111. The maximum Gasteiger partial charge on any atom is 0.268 e. The second kappa shape index (κ2) is 6.26. The Kier molecular flexibility index (Phi) is 4.01. The molecule has 0 radical (unpaired) electrons. The van der Waals surface area contributed by atoms with Crippen molar-refractivity contribution in [2.45, 2.75) is 6.54 Å². The van der Waals surface area contributed by atoms with Crippen molar-refractivity contribution in [3.8, 4) is 11.3 Å². The Bertz CT molecular complexity index is 811. The Labute approximate surface area is 129 Å². The molecule has 2 aromatic carbocycles. The molecule has 0 amide bonds. The van der Waals surface area contributed by atoms with Crippen LogP contribution in [0.15, 0.2) is 71.5 Å². The quantitative estimate of drug-likeness (QED) is 0.803. The standard InChI is InChI=1S/C18H17N3O/c1-21-17(22)12-16(19-13-14-8-4-2-5-9-14)18(20-21)15-10-6-3-7-11-15/h2-12,19H,13H2,1H3. The van der Waals surface area contributed by atoms with Gasteiger partial charge >= 0.3 is 0 Å². The van der Waals surface area contributed by atoms with Crippen LogP contribution in [0.2, 0.25) is 0 Å². The van der Waals surface area contributed by atoms with Crippen molar-refractivity contribution in [2.75, 3.05) is 5.32 Å². The molecule has 4 nitrogen and oxygen atoms in total. The van der Waals surface area contributed by atoms with E-state index in [2.05, 4.69) is 10.4 Å². The third-order valence-electron chi connectivity index (χ3n) is 3.46. The summed E-state index contributed by atoms with van der Waals surface area (Å²) in [6, 6.07) is 21.5. The Morgan fingerprint density at radius 3 is 2.32 bits per heavy atom. The summed E-state index contributed by atoms with van der Waals surface area (Å²) in [6.45, 7) is 0.648. The van der Waals surface area contributed by atoms with Gasteiger partial charge in [0.2, 0.25) is 0 Å². The third kappa shape index (κ3) is 3.06. The molecule has 1 heterocycles. The number of rotatable bonds is 4. The van der Waals surface area contributed by atoms with Gasteiger partial charge < -0.3 is 5.32 Å². The topological polar surface area (TPSA) is 46.9 Å². The number of aryl methyl sites for hydroxylation is 1. The first-order chi connectivity index (χ1) is 10.7. The molecule has 22 heavy (non-hydrogen) atoms. The zero-order chi connectivity index (χ0) is 15.4. The summed E-state index contributed by atoms with van der Waals surface area (Å²) in [4.78, 5) is 11.9. The number of hydrogen-bond donors (Lipinski definition) is 1. The highest BCUT2D eigenvalue weighted by molar-refractivity contribution is 5.73. The van der Waals surface area contributed by atoms with Crippen molar-refractivity contribution < 1.29 is 0 Å². The maximum absolute atomic E-state index is 11.9. The molecule has 0 aliphatic heterocycles. The molecule has 0 fully saturated rings. The molecule has 0 spiro atoms. The lowest BCUT2D eigenvalue weighted by Gasteiger charge is -2.12. The minimum absolute atomic E-state index is 0.129. The minimum Gasteiger partial charge on any atom is -0.379 e. The normalized spacial score (nSPS) is 10.4. The zero-order valence-corrected chi connectivity index (χ0v) is 12.4. The number of anilines is 1. The highest BCUT2D eigenvalue weighted by Crippen LogP contribution is 2.24. The SMILES string of the molecule is Cn1nc(-c2ccccc2)c(NCc2ccccc2)cc1=O. The number of hydrogen-bond acceptors (Lipinski definition) is 3. The maximum atomic E-state index is 11.9. The van der Waals surface area contributed by atoms with Crippen LogP contribution in [-0.4, -0.2) is 9.78 Å². The third-order valence-corrected chi connectivity index (χ3v) is 3.46. The summed E-state index contributed by atoms with van der Waals surface area (Å²) in [5.41, 5.74) is 3.53. The minimum atomic E-state index is -0.129. The fourth-order valence-electron chi connectivity index (χ4n) is 2.28. The van der Waals surface area contributed by atoms with Crippen LogP contribution in [0.3, 0.4) is 0 Å². The Hall–Kier alpha value is -2.88. The summed E-state index contributed by atoms with van der Waals surface area (Å²) >= 11 is 0. The van der Waals surface area contributed by atoms with Crippen LogP contribution in [0.1, 0.15) is 5.56 Å². The number of nitrogens with one attached hydrogen (secondary N) is 1. The van der Waals surface area contributed by atoms with Gasteiger partial charge in [0, 0.05) is 25.2 Å². The predicted molar refractivity (Wildman–Crippen MR) is 88.7 cm³/mol. The monoisotopic (exact) mass is 291 g/mol. The molecule has 110 valence electrons. The van der Waals surface area contributed by atoms with E-state index in [0.29, 0.717) is 6.54 Å². The van der Waals surface area contributed by atoms with Gasteiger partial charge in [-0.25, -0.2) is 4.68 Å². The average molecular weight is 291 g/mol. The first-order valence-corrected chi connectivity index (χ1v) is 7.15. The van der Waals surface area contributed by atoms with Gasteiger partial charge in [0.15, 0.2) is 0 Å². The van der Waals surface area contributed by atoms with E-state index < -0.39 is 0 Å². The molecule has 4 heteroatoms. The van der Waals surface area contributed by atoms with Crippen LogP contribution >= 0.6 is 0 Å². The first-order valence-electron chi connectivity index (χ1n) is 7.15. The zero-order valence-electron chi connectivity index (χ0n) is 12.4. The fourth-order valence-corrected chi connectivity index (χ4v) is 2.28. The van der Waals surface area contributed by atoms with Crippen molar-refractivity contribution in [1.82, 2.24) is 9.78 Å². The highest BCUT2D eigenvalue weighted by Gasteiger charge is 2.09. The van der Waals surface area contributed by atoms with Crippen LogP contribution < -0.4 is 10.9 Å². The lowest BCUT2D eigenvalue weighted by molar-refractivity contribution is 0.712. The first kappa shape index (κ1) is 14.1. The van der Waals surface area contributed by atoms with Crippen LogP contribution in [0.4, 0.5) is 5.69 Å². The molecule has 1 N–H and O–H groups in total. The van der Waals surface area contributed by atoms with E-state index in [9.17, 15) is 4.79 Å². The lowest BCUT2D eigenvalue weighted by Crippen LogP contribution is -2.20. The van der Waals surface area contributed by atoms with Gasteiger partial charge in [0.1, 0.15) is 5.69 Å². The van der Waals surface area contributed by atoms with E-state index in [-0.39, 0.29) is 5.56 Å². The number of aromatic nitrogens is 2. The molecular formula is C18H17N3O. The van der Waals surface area contributed by atoms with E-state index in [1.54, 1.807) is 13.1 Å². The molecule has 0 aliphatic carbocycles. The van der Waals surface area contributed by atoms with Crippen molar-refractivity contribution in [3.05, 3.63) is 82.6 Å². The molecule has 0 bridgehead atoms. The van der Waals surface area contributed by atoms with Gasteiger partial charge in [0.05, 0.1) is 5.69 Å². The van der Waals surface area contributed by atoms with Crippen molar-refractivity contribution in [2.24, 2.45) is 7.05 Å². The molecule has 0 unspecified atom stereocenters. The summed E-state index contributed by atoms with van der Waals surface area (Å²) in [5.74, 6) is 0. The lowest BCUT2D eigenvalue weighted by atomic mass is 10.1. The van der Waals surface area contributed by atoms with Crippen LogP contribution in [0, 0.1) is 0 Å². The van der Waals surface area contributed by atoms with E-state index in [1.807, 2.05) is 60.7 Å². The number of nitrogens with zero attached hydrogens (tertiary/aromatic N) is 2. The molecule has 0 aliphatic rings. The second-order valence-electron chi connectivity index (χ2n) is 5.07. The van der Waals surface area contributed by atoms with Crippen molar-refractivity contribution in [3.63, 3.8) is 0 Å². The largest absolute Gasteiger partial charge is 0.379 e. The molecule has 1 aromatic heterocycles. The van der Waals surface area contributed by atoms with Gasteiger partial charge in [-0.05, 0) is 5.56 Å². The van der Waals surface area contributed by atoms with Crippen LogP contribution in [0.25, 0.3) is 11.3 Å². The summed E-state index contributed by atoms with van der Waals surface area (Å²) in [6.07, 6.45) is 0. The van der Waals surface area contributed by atoms with E-state index >= 15 is 0 Å². The Morgan fingerprint density at radius 1 is 1.00 bits per heavy atom. The van der Waals surface area contributed by atoms with Crippen LogP contribution in [-0.2, 0) is 13.6 Å². The molecule has 3 aromatic rings. The van der Waals surface area contributed by atoms with Gasteiger partial charge in [-0.15, -0.1) is 0 Å². The molecular weight excluding hydrogens is 274 g/mol. The summed E-state index contributed by atoms with van der Waals surface area (Å²) in [5, 5.41) is 7.72. The van der Waals surface area contributed by atoms with Gasteiger partial charge in [-0.3, -0.25) is 4.79 Å². The predicted octanol–water partition coefficient (Wildman–Crippen LogP) is 3.06. The van der Waals surface area contributed by atoms with Crippen molar-refractivity contribution in [1.29, 1.82) is 0 Å². The molecule has 3 rings (SSSR count). The van der Waals surface area contributed by atoms with Gasteiger partial charge in [-0.2, -0.15) is 5.10 Å². The summed E-state index contributed by atoms with van der Waals surface area (Å²) < 4.78 is 1.36. The van der Waals surface area contributed by atoms with E-state index in [1.165, 1.54) is 4.68 Å². The Balaban J connectivity index is 1.96. The Morgan fingerprint density at radius 2 is 1.64 bits per heavy atom. The summed E-state index contributed by atoms with van der Waals surface area (Å²) in [7, 11) is 1.66. The van der Waals surface area contributed by atoms with Gasteiger partial charge in [-0.1, -0.05) is 60.7 Å². The highest BCUT2D eigenvalue weighted by atomic mass is 16.1. The van der Waals surface area contributed by atoms with Crippen LogP contribution in [0.5, 0.6) is 0 Å². The van der Waals surface area contributed by atoms with Crippen molar-refractivity contribution >= 4 is 5.69 Å². The smallest absolute Gasteiger partial charge is 0.268 e. The molecule has 0 atom stereocenters. The van der Waals surface area contributed by atoms with E-state index in [0.717, 1.165) is 22.5 Å².